The number of amides is 1. The van der Waals surface area contributed by atoms with Gasteiger partial charge in [0.25, 0.3) is 5.91 Å². The summed E-state index contributed by atoms with van der Waals surface area (Å²) in [5.74, 6) is -2.96. The Morgan fingerprint density at radius 3 is 2.27 bits per heavy atom. The van der Waals surface area contributed by atoms with E-state index in [4.69, 9.17) is 4.74 Å². The van der Waals surface area contributed by atoms with Gasteiger partial charge in [-0.3, -0.25) is 14.9 Å². The Morgan fingerprint density at radius 2 is 1.64 bits per heavy atom. The van der Waals surface area contributed by atoms with Crippen molar-refractivity contribution in [2.24, 2.45) is 0 Å². The third-order valence-electron chi connectivity index (χ3n) is 4.73. The van der Waals surface area contributed by atoms with Crippen LogP contribution in [0.1, 0.15) is 21.5 Å². The fourth-order valence-corrected chi connectivity index (χ4v) is 3.01. The number of nitro benzene ring substituents is 1. The normalized spacial score (nSPS) is 11.4. The number of aromatic hydroxyl groups is 3. The first kappa shape index (κ1) is 23.1. The van der Waals surface area contributed by atoms with E-state index >= 15 is 0 Å². The second-order valence-corrected chi connectivity index (χ2v) is 7.11. The highest BCUT2D eigenvalue weighted by Gasteiger charge is 2.25. The van der Waals surface area contributed by atoms with Crippen LogP contribution in [-0.2, 0) is 22.6 Å². The molecule has 0 aliphatic carbocycles. The van der Waals surface area contributed by atoms with E-state index in [9.17, 15) is 35.0 Å². The van der Waals surface area contributed by atoms with Gasteiger partial charge in [0.15, 0.2) is 17.2 Å². The van der Waals surface area contributed by atoms with Crippen LogP contribution in [0.4, 0.5) is 5.69 Å². The summed E-state index contributed by atoms with van der Waals surface area (Å²) in [7, 11) is 0. The molecule has 3 aromatic carbocycles. The molecule has 0 unspecified atom stereocenters. The minimum absolute atomic E-state index is 0.0365. The number of nitrogens with one attached hydrogen (secondary N) is 1. The third kappa shape index (κ3) is 5.97. The molecule has 1 amide bonds. The lowest BCUT2D eigenvalue weighted by atomic mass is 10.0. The van der Waals surface area contributed by atoms with Gasteiger partial charge in [0, 0.05) is 18.1 Å². The first-order valence-electron chi connectivity index (χ1n) is 9.74. The summed E-state index contributed by atoms with van der Waals surface area (Å²) in [4.78, 5) is 35.5. The van der Waals surface area contributed by atoms with Gasteiger partial charge in [0.1, 0.15) is 12.6 Å². The molecule has 3 aromatic rings. The number of carbonyl (C=O) groups excluding carboxylic acids is 2. The molecular formula is C23H20N2O8. The molecule has 3 rings (SSSR count). The Bertz CT molecular complexity index is 1180. The predicted octanol–water partition coefficient (Wildman–Crippen LogP) is 2.80. The molecule has 10 heteroatoms. The van der Waals surface area contributed by atoms with Crippen molar-refractivity contribution in [3.8, 4) is 17.2 Å². The largest absolute Gasteiger partial charge is 0.504 e. The summed E-state index contributed by atoms with van der Waals surface area (Å²) in [5, 5.41) is 42.4. The van der Waals surface area contributed by atoms with Gasteiger partial charge in [-0.25, -0.2) is 4.79 Å². The van der Waals surface area contributed by atoms with Gasteiger partial charge < -0.3 is 25.4 Å². The van der Waals surface area contributed by atoms with Crippen LogP contribution in [0.2, 0.25) is 0 Å². The van der Waals surface area contributed by atoms with Crippen LogP contribution < -0.4 is 5.32 Å². The highest BCUT2D eigenvalue weighted by atomic mass is 16.6. The van der Waals surface area contributed by atoms with E-state index in [1.54, 1.807) is 24.3 Å². The number of hydrogen-bond acceptors (Lipinski definition) is 8. The van der Waals surface area contributed by atoms with Crippen LogP contribution in [0, 0.1) is 10.1 Å². The Hall–Kier alpha value is -4.60. The molecule has 0 fully saturated rings. The van der Waals surface area contributed by atoms with Crippen LogP contribution in [0.15, 0.2) is 66.7 Å². The molecule has 0 spiro atoms. The number of esters is 1. The minimum Gasteiger partial charge on any atom is -0.504 e. The zero-order valence-electron chi connectivity index (χ0n) is 17.2. The molecule has 1 atom stereocenters. The Balaban J connectivity index is 1.79. The maximum atomic E-state index is 12.8. The standard InChI is InChI=1S/C23H20N2O8/c26-19-9-6-15(11-21(19)28)10-17(23(30)33-13-14-4-2-1-3-5-14)24-22(29)16-7-8-18(25(31)32)20(27)12-16/h1-9,11-12,17,26-28H,10,13H2,(H,24,29)/t17-/m0/s1. The molecular weight excluding hydrogens is 432 g/mol. The quantitative estimate of drug-likeness (QED) is 0.176. The maximum absolute atomic E-state index is 12.8. The van der Waals surface area contributed by atoms with Crippen molar-refractivity contribution in [1.82, 2.24) is 5.32 Å². The van der Waals surface area contributed by atoms with Crippen molar-refractivity contribution in [2.45, 2.75) is 19.1 Å². The van der Waals surface area contributed by atoms with Crippen molar-refractivity contribution in [2.75, 3.05) is 0 Å². The third-order valence-corrected chi connectivity index (χ3v) is 4.73. The molecule has 170 valence electrons. The van der Waals surface area contributed by atoms with Gasteiger partial charge in [-0.05, 0) is 35.4 Å². The van der Waals surface area contributed by atoms with Crippen molar-refractivity contribution < 1.29 is 34.6 Å². The SMILES string of the molecule is O=C(N[C@@H](Cc1ccc(O)c(O)c1)C(=O)OCc1ccccc1)c1ccc([N+](=O)[O-])c(O)c1. The van der Waals surface area contributed by atoms with Crippen molar-refractivity contribution >= 4 is 17.6 Å². The van der Waals surface area contributed by atoms with E-state index in [0.717, 1.165) is 23.8 Å². The number of rotatable bonds is 8. The minimum atomic E-state index is -1.19. The van der Waals surface area contributed by atoms with Gasteiger partial charge in [-0.15, -0.1) is 0 Å². The zero-order chi connectivity index (χ0) is 24.0. The van der Waals surface area contributed by atoms with E-state index in [1.165, 1.54) is 18.2 Å². The first-order valence-corrected chi connectivity index (χ1v) is 9.74. The van der Waals surface area contributed by atoms with Crippen LogP contribution in [0.25, 0.3) is 0 Å². The Kier molecular flexibility index (Phi) is 7.09. The van der Waals surface area contributed by atoms with Gasteiger partial charge in [0.05, 0.1) is 4.92 Å². The molecule has 0 aliphatic rings. The highest BCUT2D eigenvalue weighted by Crippen LogP contribution is 2.27. The summed E-state index contributed by atoms with van der Waals surface area (Å²) in [6, 6.07) is 14.7. The van der Waals surface area contributed by atoms with E-state index in [0.29, 0.717) is 5.56 Å². The van der Waals surface area contributed by atoms with Gasteiger partial charge >= 0.3 is 11.7 Å². The van der Waals surface area contributed by atoms with Gasteiger partial charge in [-0.1, -0.05) is 36.4 Å². The zero-order valence-corrected chi connectivity index (χ0v) is 17.2. The van der Waals surface area contributed by atoms with Crippen molar-refractivity contribution in [3.05, 3.63) is 93.5 Å². The molecule has 0 bridgehead atoms. The molecule has 0 radical (unpaired) electrons. The van der Waals surface area contributed by atoms with Crippen LogP contribution in [-0.4, -0.2) is 38.2 Å². The number of hydrogen-bond donors (Lipinski definition) is 4. The lowest BCUT2D eigenvalue weighted by Gasteiger charge is -2.18. The molecule has 0 saturated heterocycles. The highest BCUT2D eigenvalue weighted by molar-refractivity contribution is 5.97. The molecule has 4 N–H and O–H groups in total. The van der Waals surface area contributed by atoms with E-state index < -0.39 is 40.0 Å². The number of phenols is 3. The molecule has 0 saturated carbocycles. The number of nitro groups is 1. The van der Waals surface area contributed by atoms with Crippen molar-refractivity contribution in [3.63, 3.8) is 0 Å². The van der Waals surface area contributed by atoms with Crippen LogP contribution >= 0.6 is 0 Å². The second-order valence-electron chi connectivity index (χ2n) is 7.11. The second kappa shape index (κ2) is 10.1. The molecule has 0 aliphatic heterocycles. The fourth-order valence-electron chi connectivity index (χ4n) is 3.01. The summed E-state index contributed by atoms with van der Waals surface area (Å²) < 4.78 is 5.32. The van der Waals surface area contributed by atoms with Gasteiger partial charge in [0.2, 0.25) is 0 Å². The molecule has 0 heterocycles. The summed E-state index contributed by atoms with van der Waals surface area (Å²) in [5.41, 5.74) is 0.495. The lowest BCUT2D eigenvalue weighted by Crippen LogP contribution is -2.43. The number of nitrogens with zero attached hydrogens (tertiary/aromatic N) is 1. The Labute approximate surface area is 187 Å². The maximum Gasteiger partial charge on any atom is 0.329 e. The number of ether oxygens (including phenoxy) is 1. The fraction of sp³-hybridized carbons (Fsp3) is 0.130. The predicted molar refractivity (Wildman–Crippen MR) is 116 cm³/mol. The number of phenolic OH excluding ortho intramolecular Hbond substituents is 3. The summed E-state index contributed by atoms with van der Waals surface area (Å²) >= 11 is 0. The average molecular weight is 452 g/mol. The number of benzene rings is 3. The molecule has 33 heavy (non-hydrogen) atoms. The number of carbonyl (C=O) groups is 2. The summed E-state index contributed by atoms with van der Waals surface area (Å²) in [6.45, 7) is -0.0365. The van der Waals surface area contributed by atoms with Crippen molar-refractivity contribution in [1.29, 1.82) is 0 Å². The van der Waals surface area contributed by atoms with Crippen LogP contribution in [0.5, 0.6) is 17.2 Å². The van der Waals surface area contributed by atoms with E-state index in [2.05, 4.69) is 5.32 Å². The van der Waals surface area contributed by atoms with Crippen LogP contribution in [0.3, 0.4) is 0 Å². The van der Waals surface area contributed by atoms with E-state index in [1.807, 2.05) is 6.07 Å². The smallest absolute Gasteiger partial charge is 0.329 e. The first-order chi connectivity index (χ1) is 15.7. The summed E-state index contributed by atoms with van der Waals surface area (Å²) in [6.07, 6.45) is -0.0772. The average Bonchev–Trinajstić information content (AvgIpc) is 2.79. The van der Waals surface area contributed by atoms with Gasteiger partial charge in [-0.2, -0.15) is 0 Å². The van der Waals surface area contributed by atoms with E-state index in [-0.39, 0.29) is 24.3 Å². The lowest BCUT2D eigenvalue weighted by molar-refractivity contribution is -0.385. The topological polar surface area (TPSA) is 159 Å². The molecule has 10 nitrogen and oxygen atoms in total. The monoisotopic (exact) mass is 452 g/mol. The Morgan fingerprint density at radius 1 is 0.909 bits per heavy atom. The molecule has 0 aromatic heterocycles.